The monoisotopic (exact) mass is 237 g/mol. The zero-order chi connectivity index (χ0) is 12.9. The van der Waals surface area contributed by atoms with Gasteiger partial charge in [0.15, 0.2) is 0 Å². The van der Waals surface area contributed by atoms with E-state index in [1.165, 1.54) is 5.56 Å². The number of methoxy groups -OCH3 is 1. The third kappa shape index (κ3) is 4.11. The van der Waals surface area contributed by atoms with Crippen molar-refractivity contribution in [2.45, 2.75) is 38.3 Å². The lowest BCUT2D eigenvalue weighted by molar-refractivity contribution is 0.185. The Morgan fingerprint density at radius 1 is 1.29 bits per heavy atom. The number of aliphatic hydroxyl groups excluding tert-OH is 1. The Kier molecular flexibility index (Phi) is 5.12. The van der Waals surface area contributed by atoms with E-state index in [0.29, 0.717) is 13.0 Å². The molecule has 3 N–H and O–H groups in total. The maximum Gasteiger partial charge on any atom is 0.0713 e. The maximum atomic E-state index is 9.12. The Morgan fingerprint density at radius 3 is 2.29 bits per heavy atom. The van der Waals surface area contributed by atoms with Gasteiger partial charge in [-0.2, -0.15) is 0 Å². The van der Waals surface area contributed by atoms with Crippen molar-refractivity contribution in [3.63, 3.8) is 0 Å². The first kappa shape index (κ1) is 14.2. The van der Waals surface area contributed by atoms with E-state index < -0.39 is 0 Å². The highest BCUT2D eigenvalue weighted by Gasteiger charge is 2.26. The molecule has 0 spiro atoms. The van der Waals surface area contributed by atoms with Gasteiger partial charge in [-0.05, 0) is 31.4 Å². The highest BCUT2D eigenvalue weighted by atomic mass is 16.5. The van der Waals surface area contributed by atoms with Gasteiger partial charge < -0.3 is 15.6 Å². The fourth-order valence-corrected chi connectivity index (χ4v) is 2.11. The predicted molar refractivity (Wildman–Crippen MR) is 69.9 cm³/mol. The fourth-order valence-electron chi connectivity index (χ4n) is 2.11. The molecule has 1 aromatic rings. The number of nitrogens with two attached hydrogens (primary N) is 1. The molecule has 0 aliphatic rings. The molecule has 0 bridgehead atoms. The summed E-state index contributed by atoms with van der Waals surface area (Å²) >= 11 is 0. The van der Waals surface area contributed by atoms with Crippen LogP contribution in [0.4, 0.5) is 0 Å². The number of ether oxygens (including phenoxy) is 1. The van der Waals surface area contributed by atoms with Gasteiger partial charge in [0.2, 0.25) is 0 Å². The summed E-state index contributed by atoms with van der Waals surface area (Å²) in [5.74, 6) is 0.170. The van der Waals surface area contributed by atoms with E-state index in [0.717, 1.165) is 5.56 Å². The zero-order valence-corrected chi connectivity index (χ0v) is 10.9. The minimum absolute atomic E-state index is 0.158. The summed E-state index contributed by atoms with van der Waals surface area (Å²) in [6, 6.07) is 8.25. The van der Waals surface area contributed by atoms with Crippen LogP contribution in [0.5, 0.6) is 0 Å². The minimum atomic E-state index is -0.328. The molecule has 1 atom stereocenters. The van der Waals surface area contributed by atoms with E-state index in [2.05, 4.69) is 24.3 Å². The van der Waals surface area contributed by atoms with Crippen LogP contribution in [0.3, 0.4) is 0 Å². The molecule has 0 saturated heterocycles. The molecule has 96 valence electrons. The number of rotatable bonds is 6. The molecule has 1 unspecified atom stereocenters. The summed E-state index contributed by atoms with van der Waals surface area (Å²) in [7, 11) is 1.69. The molecule has 0 aliphatic carbocycles. The predicted octanol–water partition coefficient (Wildman–Crippen LogP) is 2.04. The first-order chi connectivity index (χ1) is 7.99. The normalized spacial score (nSPS) is 13.7. The van der Waals surface area contributed by atoms with Crippen LogP contribution in [0.15, 0.2) is 24.3 Å². The standard InChI is InChI=1S/C14H23NO2/c1-14(2,15)13(8-9-16)12-6-4-11(5-7-12)10-17-3/h4-7,13,16H,8-10,15H2,1-3H3. The van der Waals surface area contributed by atoms with Crippen molar-refractivity contribution < 1.29 is 9.84 Å². The molecule has 1 rings (SSSR count). The Balaban J connectivity index is 2.87. The minimum Gasteiger partial charge on any atom is -0.396 e. The molecule has 1 aromatic carbocycles. The molecule has 0 aromatic heterocycles. The number of aliphatic hydroxyl groups is 1. The average molecular weight is 237 g/mol. The molecule has 0 amide bonds. The summed E-state index contributed by atoms with van der Waals surface area (Å²) in [6.07, 6.45) is 0.688. The highest BCUT2D eigenvalue weighted by molar-refractivity contribution is 5.27. The van der Waals surface area contributed by atoms with E-state index in [-0.39, 0.29) is 18.1 Å². The smallest absolute Gasteiger partial charge is 0.0713 e. The van der Waals surface area contributed by atoms with Crippen molar-refractivity contribution in [1.82, 2.24) is 0 Å². The molecule has 0 aliphatic heterocycles. The molecular formula is C14H23NO2. The second-order valence-electron chi connectivity index (χ2n) is 5.06. The van der Waals surface area contributed by atoms with Crippen LogP contribution in [-0.4, -0.2) is 24.4 Å². The maximum absolute atomic E-state index is 9.12. The first-order valence-electron chi connectivity index (χ1n) is 5.96. The van der Waals surface area contributed by atoms with Crippen LogP contribution in [-0.2, 0) is 11.3 Å². The SMILES string of the molecule is COCc1ccc(C(CCO)C(C)(C)N)cc1. The first-order valence-corrected chi connectivity index (χ1v) is 5.96. The van der Waals surface area contributed by atoms with Gasteiger partial charge in [0.25, 0.3) is 0 Å². The quantitative estimate of drug-likeness (QED) is 0.796. The van der Waals surface area contributed by atoms with E-state index >= 15 is 0 Å². The van der Waals surface area contributed by atoms with Gasteiger partial charge in [-0.3, -0.25) is 0 Å². The fraction of sp³-hybridized carbons (Fsp3) is 0.571. The summed E-state index contributed by atoms with van der Waals surface area (Å²) in [6.45, 7) is 4.77. The second kappa shape index (κ2) is 6.15. The Hall–Kier alpha value is -0.900. The molecule has 17 heavy (non-hydrogen) atoms. The molecule has 0 fully saturated rings. The number of benzene rings is 1. The van der Waals surface area contributed by atoms with Crippen molar-refractivity contribution in [3.05, 3.63) is 35.4 Å². The zero-order valence-electron chi connectivity index (χ0n) is 10.9. The number of hydrogen-bond acceptors (Lipinski definition) is 3. The Bertz CT molecular complexity index is 327. The largest absolute Gasteiger partial charge is 0.396 e. The summed E-state index contributed by atoms with van der Waals surface area (Å²) < 4.78 is 5.08. The van der Waals surface area contributed by atoms with Gasteiger partial charge in [-0.1, -0.05) is 24.3 Å². The van der Waals surface area contributed by atoms with Crippen LogP contribution < -0.4 is 5.73 Å². The topological polar surface area (TPSA) is 55.5 Å². The van der Waals surface area contributed by atoms with E-state index in [1.807, 2.05) is 13.8 Å². The van der Waals surface area contributed by atoms with Crippen molar-refractivity contribution in [1.29, 1.82) is 0 Å². The molecule has 3 heteroatoms. The molecule has 0 radical (unpaired) electrons. The van der Waals surface area contributed by atoms with Gasteiger partial charge in [-0.25, -0.2) is 0 Å². The second-order valence-corrected chi connectivity index (χ2v) is 5.06. The summed E-state index contributed by atoms with van der Waals surface area (Å²) in [5, 5.41) is 9.12. The summed E-state index contributed by atoms with van der Waals surface area (Å²) in [5.41, 5.74) is 8.15. The highest BCUT2D eigenvalue weighted by Crippen LogP contribution is 2.29. The summed E-state index contributed by atoms with van der Waals surface area (Å²) in [4.78, 5) is 0. The molecular weight excluding hydrogens is 214 g/mol. The van der Waals surface area contributed by atoms with Gasteiger partial charge in [0.1, 0.15) is 0 Å². The number of hydrogen-bond donors (Lipinski definition) is 2. The van der Waals surface area contributed by atoms with Crippen molar-refractivity contribution in [2.75, 3.05) is 13.7 Å². The van der Waals surface area contributed by atoms with E-state index in [4.69, 9.17) is 15.6 Å². The van der Waals surface area contributed by atoms with Gasteiger partial charge in [0, 0.05) is 25.2 Å². The van der Waals surface area contributed by atoms with Crippen molar-refractivity contribution in [2.24, 2.45) is 5.73 Å². The van der Waals surface area contributed by atoms with Crippen LogP contribution in [0, 0.1) is 0 Å². The van der Waals surface area contributed by atoms with E-state index in [1.54, 1.807) is 7.11 Å². The molecule has 0 saturated carbocycles. The van der Waals surface area contributed by atoms with Crippen LogP contribution >= 0.6 is 0 Å². The van der Waals surface area contributed by atoms with Crippen molar-refractivity contribution in [3.8, 4) is 0 Å². The van der Waals surface area contributed by atoms with Crippen LogP contribution in [0.25, 0.3) is 0 Å². The van der Waals surface area contributed by atoms with Crippen LogP contribution in [0.2, 0.25) is 0 Å². The Labute approximate surface area is 104 Å². The molecule has 0 heterocycles. The molecule has 3 nitrogen and oxygen atoms in total. The van der Waals surface area contributed by atoms with Gasteiger partial charge >= 0.3 is 0 Å². The van der Waals surface area contributed by atoms with Gasteiger partial charge in [-0.15, -0.1) is 0 Å². The van der Waals surface area contributed by atoms with Crippen molar-refractivity contribution >= 4 is 0 Å². The van der Waals surface area contributed by atoms with Gasteiger partial charge in [0.05, 0.1) is 6.61 Å². The van der Waals surface area contributed by atoms with E-state index in [9.17, 15) is 0 Å². The Morgan fingerprint density at radius 2 is 1.88 bits per heavy atom. The average Bonchev–Trinajstić information content (AvgIpc) is 2.26. The third-order valence-corrected chi connectivity index (χ3v) is 3.01. The lowest BCUT2D eigenvalue weighted by Gasteiger charge is -2.30. The third-order valence-electron chi connectivity index (χ3n) is 3.01. The lowest BCUT2D eigenvalue weighted by Crippen LogP contribution is -2.39. The van der Waals surface area contributed by atoms with Crippen LogP contribution in [0.1, 0.15) is 37.3 Å². The lowest BCUT2D eigenvalue weighted by atomic mass is 9.80.